The number of methoxy groups -OCH3 is 1. The topological polar surface area (TPSA) is 26.3 Å². The fourth-order valence-corrected chi connectivity index (χ4v) is 3.55. The Hall–Kier alpha value is -1.57. The Morgan fingerprint density at radius 1 is 1.32 bits per heavy atom. The summed E-state index contributed by atoms with van der Waals surface area (Å²) < 4.78 is 5.34. The number of hydrogen-bond donors (Lipinski definition) is 0. The number of hydrogen-bond acceptors (Lipinski definition) is 2. The molecule has 0 fully saturated rings. The summed E-state index contributed by atoms with van der Waals surface area (Å²) in [5.74, 6) is 1.65. The third kappa shape index (κ3) is 1.99. The van der Waals surface area contributed by atoms with Crippen LogP contribution in [0.25, 0.3) is 5.57 Å². The zero-order valence-corrected chi connectivity index (χ0v) is 11.8. The number of fused-ring (bicyclic) bond motifs is 3. The lowest BCUT2D eigenvalue weighted by Crippen LogP contribution is -2.31. The predicted molar refractivity (Wildman–Crippen MR) is 76.3 cm³/mol. The first kappa shape index (κ1) is 12.5. The predicted octanol–water partition coefficient (Wildman–Crippen LogP) is 3.74. The zero-order valence-electron chi connectivity index (χ0n) is 11.8. The average Bonchev–Trinajstić information content (AvgIpc) is 2.39. The molecule has 0 saturated carbocycles. The number of ether oxygens (including phenoxy) is 1. The van der Waals surface area contributed by atoms with Crippen molar-refractivity contribution >= 4 is 11.4 Å². The molecule has 0 bridgehead atoms. The van der Waals surface area contributed by atoms with E-state index in [0.29, 0.717) is 12.3 Å². The number of benzene rings is 1. The van der Waals surface area contributed by atoms with Gasteiger partial charge in [0.1, 0.15) is 5.75 Å². The van der Waals surface area contributed by atoms with E-state index in [9.17, 15) is 4.79 Å². The summed E-state index contributed by atoms with van der Waals surface area (Å²) in [7, 11) is 1.69. The first-order valence-corrected chi connectivity index (χ1v) is 6.94. The van der Waals surface area contributed by atoms with Gasteiger partial charge in [0.25, 0.3) is 0 Å². The second kappa shape index (κ2) is 4.22. The standard InChI is InChI=1S/C17H20O2/c1-17(2)10-11-4-5-12(18)8-14(11)15-9-13(19-3)6-7-16(15)17/h6-9,11H,4-5,10H2,1-3H3. The van der Waals surface area contributed by atoms with Crippen LogP contribution >= 0.6 is 0 Å². The lowest BCUT2D eigenvalue weighted by Gasteiger charge is -2.40. The third-order valence-corrected chi connectivity index (χ3v) is 4.52. The van der Waals surface area contributed by atoms with E-state index in [4.69, 9.17) is 4.74 Å². The lowest BCUT2D eigenvalue weighted by molar-refractivity contribution is -0.115. The van der Waals surface area contributed by atoms with E-state index in [2.05, 4.69) is 26.0 Å². The maximum atomic E-state index is 11.7. The Kier molecular flexibility index (Phi) is 2.77. The van der Waals surface area contributed by atoms with E-state index in [1.54, 1.807) is 7.11 Å². The smallest absolute Gasteiger partial charge is 0.156 e. The molecule has 0 saturated heterocycles. The molecule has 3 rings (SSSR count). The van der Waals surface area contributed by atoms with Crippen molar-refractivity contribution in [2.75, 3.05) is 7.11 Å². The summed E-state index contributed by atoms with van der Waals surface area (Å²) in [4.78, 5) is 11.7. The minimum Gasteiger partial charge on any atom is -0.497 e. The van der Waals surface area contributed by atoms with Crippen LogP contribution in [0.5, 0.6) is 5.75 Å². The van der Waals surface area contributed by atoms with Crippen LogP contribution in [-0.4, -0.2) is 12.9 Å². The molecule has 2 aliphatic carbocycles. The Morgan fingerprint density at radius 2 is 2.11 bits per heavy atom. The molecule has 0 radical (unpaired) electrons. The monoisotopic (exact) mass is 256 g/mol. The van der Waals surface area contributed by atoms with Crippen molar-refractivity contribution in [2.24, 2.45) is 5.92 Å². The highest BCUT2D eigenvalue weighted by molar-refractivity contribution is 5.99. The summed E-state index contributed by atoms with van der Waals surface area (Å²) in [6.07, 6.45) is 4.68. The Labute approximate surface area is 114 Å². The fraction of sp³-hybridized carbons (Fsp3) is 0.471. The van der Waals surface area contributed by atoms with Crippen molar-refractivity contribution in [3.05, 3.63) is 35.4 Å². The Balaban J connectivity index is 2.21. The summed E-state index contributed by atoms with van der Waals surface area (Å²) in [6.45, 7) is 4.59. The van der Waals surface area contributed by atoms with Crippen LogP contribution < -0.4 is 4.74 Å². The first-order chi connectivity index (χ1) is 9.01. The molecule has 2 heteroatoms. The number of allylic oxidation sites excluding steroid dienone is 2. The van der Waals surface area contributed by atoms with Crippen LogP contribution in [0, 0.1) is 5.92 Å². The summed E-state index contributed by atoms with van der Waals surface area (Å²) in [6, 6.07) is 6.27. The average molecular weight is 256 g/mol. The van der Waals surface area contributed by atoms with Gasteiger partial charge in [-0.3, -0.25) is 4.79 Å². The van der Waals surface area contributed by atoms with Gasteiger partial charge in [-0.05, 0) is 59.1 Å². The number of rotatable bonds is 1. The summed E-state index contributed by atoms with van der Waals surface area (Å²) >= 11 is 0. The highest BCUT2D eigenvalue weighted by Crippen LogP contribution is 2.49. The van der Waals surface area contributed by atoms with Crippen molar-refractivity contribution in [1.82, 2.24) is 0 Å². The minimum atomic E-state index is 0.171. The van der Waals surface area contributed by atoms with Crippen molar-refractivity contribution < 1.29 is 9.53 Å². The van der Waals surface area contributed by atoms with E-state index >= 15 is 0 Å². The van der Waals surface area contributed by atoms with E-state index in [1.807, 2.05) is 12.1 Å². The highest BCUT2D eigenvalue weighted by atomic mass is 16.5. The van der Waals surface area contributed by atoms with E-state index in [1.165, 1.54) is 16.7 Å². The molecular formula is C17H20O2. The second-order valence-electron chi connectivity index (χ2n) is 6.30. The fourth-order valence-electron chi connectivity index (χ4n) is 3.55. The van der Waals surface area contributed by atoms with Gasteiger partial charge >= 0.3 is 0 Å². The van der Waals surface area contributed by atoms with Gasteiger partial charge in [0.2, 0.25) is 0 Å². The number of carbonyl (C=O) groups excluding carboxylic acids is 1. The maximum absolute atomic E-state index is 11.7. The second-order valence-corrected chi connectivity index (χ2v) is 6.30. The molecule has 100 valence electrons. The van der Waals surface area contributed by atoms with Gasteiger partial charge in [0, 0.05) is 6.42 Å². The number of carbonyl (C=O) groups is 1. The van der Waals surface area contributed by atoms with Crippen molar-refractivity contribution in [3.63, 3.8) is 0 Å². The molecule has 0 amide bonds. The van der Waals surface area contributed by atoms with E-state index in [0.717, 1.165) is 18.6 Å². The highest BCUT2D eigenvalue weighted by Gasteiger charge is 2.37. The SMILES string of the molecule is COc1ccc2c(c1)C1=CC(=O)CCC1CC2(C)C. The van der Waals surface area contributed by atoms with Crippen LogP contribution in [0.15, 0.2) is 24.3 Å². The van der Waals surface area contributed by atoms with Gasteiger partial charge in [-0.2, -0.15) is 0 Å². The quantitative estimate of drug-likeness (QED) is 0.765. The van der Waals surface area contributed by atoms with Gasteiger partial charge in [-0.15, -0.1) is 0 Å². The third-order valence-electron chi connectivity index (χ3n) is 4.52. The molecule has 0 spiro atoms. The van der Waals surface area contributed by atoms with Gasteiger partial charge in [0.15, 0.2) is 5.78 Å². The van der Waals surface area contributed by atoms with Gasteiger partial charge in [0.05, 0.1) is 7.11 Å². The lowest BCUT2D eigenvalue weighted by atomic mass is 9.63. The van der Waals surface area contributed by atoms with Crippen molar-refractivity contribution in [1.29, 1.82) is 0 Å². The van der Waals surface area contributed by atoms with Gasteiger partial charge < -0.3 is 4.74 Å². The van der Waals surface area contributed by atoms with Crippen LogP contribution in [0.1, 0.15) is 44.2 Å². The molecule has 0 N–H and O–H groups in total. The van der Waals surface area contributed by atoms with Crippen molar-refractivity contribution in [3.8, 4) is 5.75 Å². The van der Waals surface area contributed by atoms with E-state index in [-0.39, 0.29) is 11.2 Å². The molecule has 2 nitrogen and oxygen atoms in total. The molecule has 1 atom stereocenters. The maximum Gasteiger partial charge on any atom is 0.156 e. The first-order valence-electron chi connectivity index (χ1n) is 6.94. The molecule has 1 aromatic rings. The molecule has 0 aromatic heterocycles. The van der Waals surface area contributed by atoms with Crippen LogP contribution in [0.2, 0.25) is 0 Å². The van der Waals surface area contributed by atoms with Gasteiger partial charge in [-0.1, -0.05) is 19.9 Å². The summed E-state index contributed by atoms with van der Waals surface area (Å²) in [5.41, 5.74) is 3.95. The molecule has 0 heterocycles. The normalized spacial score (nSPS) is 24.3. The molecular weight excluding hydrogens is 236 g/mol. The Morgan fingerprint density at radius 3 is 2.84 bits per heavy atom. The van der Waals surface area contributed by atoms with Crippen LogP contribution in [0.4, 0.5) is 0 Å². The van der Waals surface area contributed by atoms with Crippen LogP contribution in [-0.2, 0) is 10.2 Å². The molecule has 2 aliphatic rings. The molecule has 19 heavy (non-hydrogen) atoms. The molecule has 1 unspecified atom stereocenters. The Bertz CT molecular complexity index is 567. The van der Waals surface area contributed by atoms with E-state index < -0.39 is 0 Å². The minimum absolute atomic E-state index is 0.171. The largest absolute Gasteiger partial charge is 0.497 e. The zero-order chi connectivity index (χ0) is 13.6. The number of ketones is 1. The van der Waals surface area contributed by atoms with Gasteiger partial charge in [-0.25, -0.2) is 0 Å². The van der Waals surface area contributed by atoms with Crippen LogP contribution in [0.3, 0.4) is 0 Å². The molecule has 1 aromatic carbocycles. The van der Waals surface area contributed by atoms with Crippen molar-refractivity contribution in [2.45, 2.75) is 38.5 Å². The molecule has 0 aliphatic heterocycles. The summed E-state index contributed by atoms with van der Waals surface area (Å²) in [5, 5.41) is 0.